The molecule has 2 aromatic rings. The normalized spacial score (nSPS) is 14.2. The predicted molar refractivity (Wildman–Crippen MR) is 99.0 cm³/mol. The fourth-order valence-electron chi connectivity index (χ4n) is 2.77. The molecule has 0 saturated heterocycles. The van der Waals surface area contributed by atoms with Crippen molar-refractivity contribution in [2.45, 2.75) is 39.0 Å². The van der Waals surface area contributed by atoms with Crippen LogP contribution in [-0.4, -0.2) is 21.7 Å². The molecular weight excluding hydrogens is 322 g/mol. The average molecular weight is 344 g/mol. The summed E-state index contributed by atoms with van der Waals surface area (Å²) in [5.74, 6) is 1.19. The maximum absolute atomic E-state index is 6.05. The lowest BCUT2D eigenvalue weighted by atomic mass is 9.97. The summed E-state index contributed by atoms with van der Waals surface area (Å²) in [6, 6.07) is 5.71. The molecule has 0 atom stereocenters. The van der Waals surface area contributed by atoms with Gasteiger partial charge >= 0.3 is 0 Å². The van der Waals surface area contributed by atoms with E-state index in [4.69, 9.17) is 11.6 Å². The molecule has 0 aliphatic heterocycles. The molecule has 6 heteroatoms. The zero-order valence-electron chi connectivity index (χ0n) is 13.8. The number of hydrogen-bond donors (Lipinski definition) is 2. The molecule has 1 aromatic carbocycles. The highest BCUT2D eigenvalue weighted by atomic mass is 35.5. The van der Waals surface area contributed by atoms with Gasteiger partial charge in [-0.05, 0) is 56.7 Å². The van der Waals surface area contributed by atoms with Crippen molar-refractivity contribution in [3.05, 3.63) is 46.6 Å². The molecule has 0 radical (unpaired) electrons. The quantitative estimate of drug-likeness (QED) is 0.732. The molecule has 1 aromatic heterocycles. The summed E-state index contributed by atoms with van der Waals surface area (Å²) >= 11 is 6.05. The standard InChI is InChI=1S/C18H22ClN5/c1-13-7-8-15(19)11-16(13)22-17-12-21-24-18(23-17)20-10-9-14-5-3-2-4-6-14/h5,7-8,11-12H,2-4,6,9-10H2,1H3,(H2,20,22,23,24). The van der Waals surface area contributed by atoms with E-state index in [1.165, 1.54) is 31.3 Å². The lowest BCUT2D eigenvalue weighted by molar-refractivity contribution is 0.679. The summed E-state index contributed by atoms with van der Waals surface area (Å²) in [5, 5.41) is 15.2. The summed E-state index contributed by atoms with van der Waals surface area (Å²) < 4.78 is 0. The van der Waals surface area contributed by atoms with E-state index < -0.39 is 0 Å². The molecule has 0 amide bonds. The van der Waals surface area contributed by atoms with Crippen LogP contribution in [0.25, 0.3) is 0 Å². The molecule has 1 aliphatic carbocycles. The van der Waals surface area contributed by atoms with E-state index in [2.05, 4.69) is 31.9 Å². The lowest BCUT2D eigenvalue weighted by Gasteiger charge is -2.13. The second kappa shape index (κ2) is 8.11. The minimum absolute atomic E-state index is 0.538. The van der Waals surface area contributed by atoms with Gasteiger partial charge in [-0.15, -0.1) is 5.10 Å². The van der Waals surface area contributed by atoms with Crippen molar-refractivity contribution >= 4 is 29.1 Å². The molecule has 1 heterocycles. The first kappa shape index (κ1) is 16.7. The third-order valence-electron chi connectivity index (χ3n) is 4.14. The minimum Gasteiger partial charge on any atom is -0.353 e. The van der Waals surface area contributed by atoms with Crippen LogP contribution in [0.5, 0.6) is 0 Å². The van der Waals surface area contributed by atoms with E-state index in [1.54, 1.807) is 6.20 Å². The van der Waals surface area contributed by atoms with Crippen molar-refractivity contribution in [3.63, 3.8) is 0 Å². The Bertz CT molecular complexity index is 729. The zero-order valence-corrected chi connectivity index (χ0v) is 14.6. The fraction of sp³-hybridized carbons (Fsp3) is 0.389. The van der Waals surface area contributed by atoms with Gasteiger partial charge < -0.3 is 10.6 Å². The number of nitrogens with zero attached hydrogens (tertiary/aromatic N) is 3. The van der Waals surface area contributed by atoms with E-state index in [1.807, 2.05) is 25.1 Å². The van der Waals surface area contributed by atoms with Gasteiger partial charge in [0.1, 0.15) is 0 Å². The van der Waals surface area contributed by atoms with Crippen molar-refractivity contribution in [2.24, 2.45) is 0 Å². The SMILES string of the molecule is Cc1ccc(Cl)cc1Nc1cnnc(NCCC2=CCCCC2)n1. The molecule has 24 heavy (non-hydrogen) atoms. The Morgan fingerprint density at radius 1 is 1.25 bits per heavy atom. The summed E-state index contributed by atoms with van der Waals surface area (Å²) in [4.78, 5) is 4.46. The monoisotopic (exact) mass is 343 g/mol. The fourth-order valence-corrected chi connectivity index (χ4v) is 2.94. The van der Waals surface area contributed by atoms with Crippen molar-refractivity contribution in [1.29, 1.82) is 0 Å². The minimum atomic E-state index is 0.538. The summed E-state index contributed by atoms with van der Waals surface area (Å²) in [6.45, 7) is 2.84. The summed E-state index contributed by atoms with van der Waals surface area (Å²) in [6.07, 6.45) is 10.1. The predicted octanol–water partition coefficient (Wildman–Crippen LogP) is 4.88. The summed E-state index contributed by atoms with van der Waals surface area (Å²) in [7, 11) is 0. The van der Waals surface area contributed by atoms with Crippen LogP contribution in [0.1, 0.15) is 37.7 Å². The van der Waals surface area contributed by atoms with Crippen LogP contribution >= 0.6 is 11.6 Å². The van der Waals surface area contributed by atoms with E-state index in [0.717, 1.165) is 24.2 Å². The van der Waals surface area contributed by atoms with Gasteiger partial charge in [0.2, 0.25) is 5.95 Å². The third-order valence-corrected chi connectivity index (χ3v) is 4.37. The Morgan fingerprint density at radius 2 is 2.17 bits per heavy atom. The number of rotatable bonds is 6. The Balaban J connectivity index is 1.59. The molecule has 1 aliphatic rings. The Morgan fingerprint density at radius 3 is 3.00 bits per heavy atom. The van der Waals surface area contributed by atoms with Crippen LogP contribution in [0.15, 0.2) is 36.0 Å². The average Bonchev–Trinajstić information content (AvgIpc) is 2.60. The van der Waals surface area contributed by atoms with E-state index in [-0.39, 0.29) is 0 Å². The van der Waals surface area contributed by atoms with Crippen LogP contribution in [0.3, 0.4) is 0 Å². The van der Waals surface area contributed by atoms with Gasteiger partial charge in [-0.3, -0.25) is 0 Å². The molecule has 5 nitrogen and oxygen atoms in total. The highest BCUT2D eigenvalue weighted by molar-refractivity contribution is 6.30. The first-order valence-corrected chi connectivity index (χ1v) is 8.73. The summed E-state index contributed by atoms with van der Waals surface area (Å²) in [5.41, 5.74) is 3.55. The number of nitrogens with one attached hydrogen (secondary N) is 2. The van der Waals surface area contributed by atoms with Gasteiger partial charge in [0.25, 0.3) is 0 Å². The van der Waals surface area contributed by atoms with Crippen molar-refractivity contribution in [3.8, 4) is 0 Å². The number of aromatic nitrogens is 3. The molecule has 3 rings (SSSR count). The topological polar surface area (TPSA) is 62.7 Å². The maximum atomic E-state index is 6.05. The Labute approximate surface area is 147 Å². The van der Waals surface area contributed by atoms with Crippen LogP contribution in [0.2, 0.25) is 5.02 Å². The van der Waals surface area contributed by atoms with Crippen molar-refractivity contribution in [2.75, 3.05) is 17.2 Å². The van der Waals surface area contributed by atoms with Gasteiger partial charge in [0.05, 0.1) is 6.20 Å². The molecule has 0 bridgehead atoms. The van der Waals surface area contributed by atoms with Gasteiger partial charge in [-0.1, -0.05) is 29.3 Å². The van der Waals surface area contributed by atoms with Gasteiger partial charge in [0.15, 0.2) is 5.82 Å². The van der Waals surface area contributed by atoms with Crippen LogP contribution in [0, 0.1) is 6.92 Å². The van der Waals surface area contributed by atoms with Crippen LogP contribution in [0.4, 0.5) is 17.5 Å². The van der Waals surface area contributed by atoms with Crippen LogP contribution < -0.4 is 10.6 Å². The van der Waals surface area contributed by atoms with E-state index >= 15 is 0 Å². The number of hydrogen-bond acceptors (Lipinski definition) is 5. The molecule has 0 saturated carbocycles. The Kier molecular flexibility index (Phi) is 5.64. The third kappa shape index (κ3) is 4.68. The largest absolute Gasteiger partial charge is 0.353 e. The van der Waals surface area contributed by atoms with E-state index in [9.17, 15) is 0 Å². The molecule has 2 N–H and O–H groups in total. The Hall–Kier alpha value is -2.14. The van der Waals surface area contributed by atoms with Gasteiger partial charge in [0, 0.05) is 17.3 Å². The number of allylic oxidation sites excluding steroid dienone is 1. The maximum Gasteiger partial charge on any atom is 0.244 e. The van der Waals surface area contributed by atoms with Crippen molar-refractivity contribution in [1.82, 2.24) is 15.2 Å². The second-order valence-corrected chi connectivity index (χ2v) is 6.47. The van der Waals surface area contributed by atoms with Gasteiger partial charge in [-0.2, -0.15) is 10.1 Å². The smallest absolute Gasteiger partial charge is 0.244 e. The number of benzene rings is 1. The number of anilines is 3. The molecule has 0 fully saturated rings. The first-order chi connectivity index (χ1) is 11.7. The van der Waals surface area contributed by atoms with E-state index in [0.29, 0.717) is 16.8 Å². The highest BCUT2D eigenvalue weighted by Gasteiger charge is 2.06. The highest BCUT2D eigenvalue weighted by Crippen LogP contribution is 2.23. The molecule has 0 unspecified atom stereocenters. The molecule has 126 valence electrons. The first-order valence-electron chi connectivity index (χ1n) is 8.35. The van der Waals surface area contributed by atoms with Gasteiger partial charge in [-0.25, -0.2) is 0 Å². The molecular formula is C18H22ClN5. The van der Waals surface area contributed by atoms with Crippen molar-refractivity contribution < 1.29 is 0 Å². The number of halogens is 1. The number of aryl methyl sites for hydroxylation is 1. The molecule has 0 spiro atoms. The lowest BCUT2D eigenvalue weighted by Crippen LogP contribution is -2.09. The second-order valence-electron chi connectivity index (χ2n) is 6.03. The zero-order chi connectivity index (χ0) is 16.8. The van der Waals surface area contributed by atoms with Crippen LogP contribution in [-0.2, 0) is 0 Å².